The molecular weight excluding hydrogens is 316 g/mol. The Balaban J connectivity index is 1.97. The van der Waals surface area contributed by atoms with Crippen LogP contribution in [0.3, 0.4) is 0 Å². The summed E-state index contributed by atoms with van der Waals surface area (Å²) in [5, 5.41) is 0. The Kier molecular flexibility index (Phi) is 7.72. The SMILES string of the molecule is [SeH][Se][Se][SeH]. The Labute approximate surface area is 50.5 Å². The standard InChI is InChI=1S/H2Se4/c1-3-4-2/h1-2H. The van der Waals surface area contributed by atoms with Gasteiger partial charge in [-0.3, -0.25) is 0 Å². The van der Waals surface area contributed by atoms with Crippen LogP contribution in [0.2, 0.25) is 0 Å². The van der Waals surface area contributed by atoms with E-state index in [0.717, 1.165) is 22.6 Å². The van der Waals surface area contributed by atoms with Gasteiger partial charge in [-0.1, -0.05) is 0 Å². The molecule has 0 amide bonds. The van der Waals surface area contributed by atoms with Crippen LogP contribution >= 0.6 is 0 Å². The molecule has 4 heteroatoms. The number of rotatable bonds is 1. The van der Waals surface area contributed by atoms with Gasteiger partial charge in [0.15, 0.2) is 0 Å². The second-order valence-electron chi connectivity index (χ2n) is 0.149. The van der Waals surface area contributed by atoms with Crippen molar-refractivity contribution in [1.82, 2.24) is 0 Å². The zero-order valence-corrected chi connectivity index (χ0v) is 8.89. The van der Waals surface area contributed by atoms with Crippen molar-refractivity contribution >= 4 is 51.0 Å². The second kappa shape index (κ2) is 5.08. The number of hydrogen-bond donors (Lipinski definition) is 0. The third kappa shape index (κ3) is 4.08. The van der Waals surface area contributed by atoms with Crippen LogP contribution in [0.5, 0.6) is 0 Å². The van der Waals surface area contributed by atoms with Crippen LogP contribution in [-0.2, 0) is 0 Å². The fourth-order valence-electron chi connectivity index (χ4n) is 0. The summed E-state index contributed by atoms with van der Waals surface area (Å²) in [4.78, 5) is 0. The Morgan fingerprint density at radius 3 is 1.25 bits per heavy atom. The Bertz CT molecular complexity index is 2.00. The van der Waals surface area contributed by atoms with Gasteiger partial charge >= 0.3 is 51.0 Å². The van der Waals surface area contributed by atoms with Crippen molar-refractivity contribution in [3.8, 4) is 0 Å². The van der Waals surface area contributed by atoms with E-state index < -0.39 is 0 Å². The molecule has 26 valence electrons. The van der Waals surface area contributed by atoms with Gasteiger partial charge in [-0.2, -0.15) is 0 Å². The van der Waals surface area contributed by atoms with Gasteiger partial charge in [0.1, 0.15) is 0 Å². The summed E-state index contributed by atoms with van der Waals surface area (Å²) < 4.78 is 0. The van der Waals surface area contributed by atoms with Crippen molar-refractivity contribution in [2.75, 3.05) is 0 Å². The van der Waals surface area contributed by atoms with Gasteiger partial charge in [0, 0.05) is 0 Å². The van der Waals surface area contributed by atoms with Crippen molar-refractivity contribution in [3.63, 3.8) is 0 Å². The molecule has 0 heterocycles. The number of hydrogen-bond acceptors (Lipinski definition) is 0. The molecule has 0 bridgehead atoms. The predicted molar refractivity (Wildman–Crippen MR) is 25.8 cm³/mol. The van der Waals surface area contributed by atoms with Gasteiger partial charge in [-0.15, -0.1) is 0 Å². The topological polar surface area (TPSA) is 0 Å². The Hall–Kier alpha value is 2.08. The first-order valence-corrected chi connectivity index (χ1v) is 14.4. The van der Waals surface area contributed by atoms with Crippen LogP contribution in [0.15, 0.2) is 0 Å². The van der Waals surface area contributed by atoms with Gasteiger partial charge in [0.25, 0.3) is 0 Å². The van der Waals surface area contributed by atoms with E-state index in [2.05, 4.69) is 28.4 Å². The predicted octanol–water partition coefficient (Wildman–Crippen LogP) is -2.06. The molecule has 4 heavy (non-hydrogen) atoms. The molecule has 0 aliphatic rings. The summed E-state index contributed by atoms with van der Waals surface area (Å²) in [6, 6.07) is 0. The van der Waals surface area contributed by atoms with Gasteiger partial charge in [-0.05, 0) is 0 Å². The van der Waals surface area contributed by atoms with E-state index in [4.69, 9.17) is 0 Å². The van der Waals surface area contributed by atoms with Crippen molar-refractivity contribution in [2.24, 2.45) is 0 Å². The molecule has 0 rings (SSSR count). The van der Waals surface area contributed by atoms with Crippen molar-refractivity contribution in [2.45, 2.75) is 0 Å². The summed E-state index contributed by atoms with van der Waals surface area (Å²) in [7, 11) is 0. The van der Waals surface area contributed by atoms with Crippen molar-refractivity contribution in [3.05, 3.63) is 0 Å². The average Bonchev–Trinajstić information content (AvgIpc) is 1.37. The molecule has 0 aromatic carbocycles. The zero-order valence-electron chi connectivity index (χ0n) is 1.71. The van der Waals surface area contributed by atoms with E-state index in [1.165, 1.54) is 0 Å². The van der Waals surface area contributed by atoms with Gasteiger partial charge in [0.2, 0.25) is 0 Å². The monoisotopic (exact) mass is 322 g/mol. The van der Waals surface area contributed by atoms with Crippen LogP contribution < -0.4 is 0 Å². The molecule has 0 aromatic heterocycles. The molecule has 0 aliphatic carbocycles. The van der Waals surface area contributed by atoms with Crippen LogP contribution in [0, 0.1) is 0 Å². The van der Waals surface area contributed by atoms with Crippen LogP contribution in [0.1, 0.15) is 0 Å². The third-order valence-electron chi connectivity index (χ3n) is 0.0333. The molecule has 0 aromatic rings. The summed E-state index contributed by atoms with van der Waals surface area (Å²) in [6.45, 7) is 0. The fraction of sp³-hybridized carbons (Fsp3) is 0. The summed E-state index contributed by atoms with van der Waals surface area (Å²) >= 11 is 7.00. The Morgan fingerprint density at radius 2 is 1.25 bits per heavy atom. The molecule has 0 nitrogen and oxygen atoms in total. The quantitative estimate of drug-likeness (QED) is 0.488. The maximum absolute atomic E-state index is 2.61. The minimum absolute atomic E-state index is 0.889. The molecule has 0 N–H and O–H groups in total. The van der Waals surface area contributed by atoms with Gasteiger partial charge < -0.3 is 0 Å². The van der Waals surface area contributed by atoms with E-state index >= 15 is 0 Å². The molecule has 0 fully saturated rings. The van der Waals surface area contributed by atoms with E-state index in [1.54, 1.807) is 0 Å². The molecule has 0 radical (unpaired) electrons. The van der Waals surface area contributed by atoms with E-state index in [0.29, 0.717) is 0 Å². The first-order chi connectivity index (χ1) is 1.91. The van der Waals surface area contributed by atoms with Crippen LogP contribution in [-0.4, -0.2) is 51.0 Å². The van der Waals surface area contributed by atoms with E-state index in [9.17, 15) is 0 Å². The van der Waals surface area contributed by atoms with Crippen LogP contribution in [0.25, 0.3) is 0 Å². The van der Waals surface area contributed by atoms with E-state index in [-0.39, 0.29) is 0 Å². The minimum atomic E-state index is 0.889. The molecule has 0 aliphatic heterocycles. The molecule has 0 saturated heterocycles. The molecule has 0 saturated carbocycles. The van der Waals surface area contributed by atoms with Gasteiger partial charge in [-0.25, -0.2) is 0 Å². The Morgan fingerprint density at radius 1 is 1.00 bits per heavy atom. The van der Waals surface area contributed by atoms with Crippen LogP contribution in [0.4, 0.5) is 0 Å². The molecule has 0 unspecified atom stereocenters. The third-order valence-corrected chi connectivity index (χ3v) is 24.3. The molecule has 0 atom stereocenters. The normalized spacial score (nSPS) is 7.50. The average molecular weight is 318 g/mol. The first-order valence-electron chi connectivity index (χ1n) is 0.532. The van der Waals surface area contributed by atoms with Gasteiger partial charge in [0.05, 0.1) is 0 Å². The summed E-state index contributed by atoms with van der Waals surface area (Å²) in [6.07, 6.45) is 0. The van der Waals surface area contributed by atoms with Crippen molar-refractivity contribution in [1.29, 1.82) is 0 Å². The second-order valence-corrected chi connectivity index (χ2v) is 20.9. The zero-order chi connectivity index (χ0) is 3.41. The molecular formula is H2Se4. The summed E-state index contributed by atoms with van der Waals surface area (Å²) in [5.74, 6) is 0. The molecule has 0 spiro atoms. The fourth-order valence-corrected chi connectivity index (χ4v) is 0. The summed E-state index contributed by atoms with van der Waals surface area (Å²) in [5.41, 5.74) is 0. The van der Waals surface area contributed by atoms with Crippen molar-refractivity contribution < 1.29 is 0 Å². The first kappa shape index (κ1) is 6.08. The maximum atomic E-state index is 2.61. The van der Waals surface area contributed by atoms with E-state index in [1.807, 2.05) is 0 Å².